The molecule has 1 aliphatic heterocycles. The van der Waals surface area contributed by atoms with E-state index in [0.29, 0.717) is 10.7 Å². The Morgan fingerprint density at radius 1 is 1.09 bits per heavy atom. The molecular weight excluding hydrogens is 427 g/mol. The molecule has 1 aliphatic rings. The van der Waals surface area contributed by atoms with Gasteiger partial charge in [-0.15, -0.1) is 0 Å². The van der Waals surface area contributed by atoms with Crippen molar-refractivity contribution in [2.24, 2.45) is 5.84 Å². The van der Waals surface area contributed by atoms with Crippen molar-refractivity contribution in [1.82, 2.24) is 5.01 Å². The van der Waals surface area contributed by atoms with Crippen molar-refractivity contribution in [3.05, 3.63) is 64.9 Å². The minimum Gasteiger partial charge on any atom is -0.481 e. The Bertz CT molecular complexity index is 1120. The molecule has 0 aliphatic carbocycles. The van der Waals surface area contributed by atoms with Crippen molar-refractivity contribution >= 4 is 34.7 Å². The molecule has 0 saturated carbocycles. The topological polar surface area (TPSA) is 104 Å². The molecule has 0 radical (unpaired) electrons. The Hall–Kier alpha value is -3.66. The summed E-state index contributed by atoms with van der Waals surface area (Å²) in [6.07, 6.45) is -5.47. The zero-order valence-electron chi connectivity index (χ0n) is 17.2. The molecule has 2 aromatic carbocycles. The Morgan fingerprint density at radius 3 is 2.28 bits per heavy atom. The van der Waals surface area contributed by atoms with E-state index in [-0.39, 0.29) is 22.5 Å². The molecule has 2 aromatic rings. The molecule has 0 bridgehead atoms. The molecule has 3 N–H and O–H groups in total. The number of carboxylic acids is 1. The number of benzene rings is 2. The first-order valence-corrected chi connectivity index (χ1v) is 9.55. The maximum Gasteiger partial charge on any atom is 0.416 e. The monoisotopic (exact) mass is 447 g/mol. The van der Waals surface area contributed by atoms with Crippen LogP contribution < -0.4 is 10.7 Å². The quantitative estimate of drug-likeness (QED) is 0.312. The van der Waals surface area contributed by atoms with Gasteiger partial charge in [0.2, 0.25) is 5.91 Å². The lowest BCUT2D eigenvalue weighted by molar-refractivity contribution is -0.140. The lowest BCUT2D eigenvalue weighted by Gasteiger charge is -2.20. The summed E-state index contributed by atoms with van der Waals surface area (Å²) in [4.78, 5) is 37.5. The Morgan fingerprint density at radius 2 is 1.72 bits per heavy atom. The summed E-state index contributed by atoms with van der Waals surface area (Å²) >= 11 is 0. The lowest BCUT2D eigenvalue weighted by atomic mass is 10.0. The van der Waals surface area contributed by atoms with E-state index in [9.17, 15) is 27.6 Å². The van der Waals surface area contributed by atoms with Gasteiger partial charge in [0.1, 0.15) is 0 Å². The number of halogens is 3. The fraction of sp³-hybridized carbons (Fsp3) is 0.227. The number of nitrogens with zero attached hydrogens (tertiary/aromatic N) is 2. The summed E-state index contributed by atoms with van der Waals surface area (Å²) in [7, 11) is 0. The number of fused-ring (bicyclic) bond motifs is 1. The largest absolute Gasteiger partial charge is 0.481 e. The normalized spacial score (nSPS) is 14.9. The predicted octanol–water partition coefficient (Wildman–Crippen LogP) is 3.99. The van der Waals surface area contributed by atoms with Crippen molar-refractivity contribution in [1.29, 1.82) is 0 Å². The number of hydrogen-bond acceptors (Lipinski definition) is 4. The second-order valence-corrected chi connectivity index (χ2v) is 7.32. The zero-order valence-corrected chi connectivity index (χ0v) is 17.2. The number of anilines is 2. The van der Waals surface area contributed by atoms with E-state index in [2.05, 4.69) is 0 Å². The molecule has 0 aromatic heterocycles. The Labute approximate surface area is 181 Å². The molecule has 3 rings (SSSR count). The van der Waals surface area contributed by atoms with Gasteiger partial charge < -0.3 is 5.11 Å². The molecule has 168 valence electrons. The molecule has 0 unspecified atom stereocenters. The third-order valence-corrected chi connectivity index (χ3v) is 5.09. The number of hydrazine groups is 1. The first kappa shape index (κ1) is 23.0. The van der Waals surface area contributed by atoms with Crippen LogP contribution in [-0.2, 0) is 20.6 Å². The standard InChI is InChI=1S/C22H20F3N3O4/c1-12-3-6-15(7-4-12)27-17-11-14(22(23,24)25)5-8-16(17)20(21(27)32)13(2)28(26)18(29)9-10-19(30)31/h3-8,11H,9-10,26H2,1-2H3,(H,30,31)/b20-13-. The van der Waals surface area contributed by atoms with Crippen LogP contribution in [0.3, 0.4) is 0 Å². The van der Waals surface area contributed by atoms with E-state index in [1.807, 2.05) is 6.92 Å². The van der Waals surface area contributed by atoms with Gasteiger partial charge in [-0.25, -0.2) is 5.84 Å². The third-order valence-electron chi connectivity index (χ3n) is 5.09. The minimum absolute atomic E-state index is 0.000934. The van der Waals surface area contributed by atoms with Crippen LogP contribution in [0.15, 0.2) is 48.2 Å². The molecule has 7 nitrogen and oxygen atoms in total. The van der Waals surface area contributed by atoms with Crippen molar-refractivity contribution in [3.8, 4) is 0 Å². The molecule has 10 heteroatoms. The fourth-order valence-electron chi connectivity index (χ4n) is 3.38. The van der Waals surface area contributed by atoms with Crippen LogP contribution in [0, 0.1) is 6.92 Å². The van der Waals surface area contributed by atoms with Crippen LogP contribution in [0.4, 0.5) is 24.5 Å². The first-order valence-electron chi connectivity index (χ1n) is 9.55. The molecular formula is C22H20F3N3O4. The lowest BCUT2D eigenvalue weighted by Crippen LogP contribution is -2.37. The molecule has 0 atom stereocenters. The van der Waals surface area contributed by atoms with Gasteiger partial charge >= 0.3 is 12.1 Å². The summed E-state index contributed by atoms with van der Waals surface area (Å²) in [6.45, 7) is 3.21. The number of aliphatic carboxylic acids is 1. The summed E-state index contributed by atoms with van der Waals surface area (Å²) in [5, 5.41) is 9.43. The van der Waals surface area contributed by atoms with Gasteiger partial charge in [0.15, 0.2) is 0 Å². The van der Waals surface area contributed by atoms with Crippen molar-refractivity contribution in [2.75, 3.05) is 4.90 Å². The highest BCUT2D eigenvalue weighted by Gasteiger charge is 2.39. The number of hydrogen-bond donors (Lipinski definition) is 2. The Kier molecular flexibility index (Phi) is 6.09. The van der Waals surface area contributed by atoms with Crippen LogP contribution >= 0.6 is 0 Å². The van der Waals surface area contributed by atoms with Crippen LogP contribution in [-0.4, -0.2) is 27.9 Å². The zero-order chi connectivity index (χ0) is 23.8. The van der Waals surface area contributed by atoms with E-state index in [0.717, 1.165) is 22.6 Å². The molecule has 0 fully saturated rings. The average molecular weight is 447 g/mol. The summed E-state index contributed by atoms with van der Waals surface area (Å²) in [5.74, 6) is 3.25. The van der Waals surface area contributed by atoms with Gasteiger partial charge in [-0.2, -0.15) is 13.2 Å². The first-order chi connectivity index (χ1) is 14.9. The highest BCUT2D eigenvalue weighted by Crippen LogP contribution is 2.45. The van der Waals surface area contributed by atoms with E-state index in [1.54, 1.807) is 24.3 Å². The summed E-state index contributed by atoms with van der Waals surface area (Å²) < 4.78 is 40.0. The number of carbonyl (C=O) groups excluding carboxylic acids is 2. The van der Waals surface area contributed by atoms with Crippen LogP contribution in [0.1, 0.15) is 36.5 Å². The van der Waals surface area contributed by atoms with E-state index in [1.165, 1.54) is 13.0 Å². The molecule has 0 saturated heterocycles. The highest BCUT2D eigenvalue weighted by molar-refractivity contribution is 6.35. The number of carboxylic acid groups (broad SMARTS) is 1. The van der Waals surface area contributed by atoms with E-state index < -0.39 is 42.4 Å². The van der Waals surface area contributed by atoms with Gasteiger partial charge in [0.25, 0.3) is 5.91 Å². The van der Waals surface area contributed by atoms with Gasteiger partial charge in [-0.3, -0.25) is 24.3 Å². The van der Waals surface area contributed by atoms with Crippen LogP contribution in [0.2, 0.25) is 0 Å². The van der Waals surface area contributed by atoms with Gasteiger partial charge in [0, 0.05) is 23.4 Å². The minimum atomic E-state index is -4.62. The molecule has 2 amide bonds. The molecule has 0 spiro atoms. The average Bonchev–Trinajstić information content (AvgIpc) is 3.02. The van der Waals surface area contributed by atoms with Gasteiger partial charge in [-0.05, 0) is 38.1 Å². The second-order valence-electron chi connectivity index (χ2n) is 7.32. The summed E-state index contributed by atoms with van der Waals surface area (Å²) in [5.41, 5.74) is 0.471. The predicted molar refractivity (Wildman–Crippen MR) is 110 cm³/mol. The smallest absolute Gasteiger partial charge is 0.416 e. The Balaban J connectivity index is 2.14. The number of alkyl halides is 3. The highest BCUT2D eigenvalue weighted by atomic mass is 19.4. The maximum absolute atomic E-state index is 13.3. The number of carbonyl (C=O) groups is 3. The second kappa shape index (κ2) is 8.46. The third kappa shape index (κ3) is 4.35. The van der Waals surface area contributed by atoms with Crippen molar-refractivity contribution in [3.63, 3.8) is 0 Å². The molecule has 32 heavy (non-hydrogen) atoms. The molecule has 1 heterocycles. The number of amides is 2. The van der Waals surface area contributed by atoms with Gasteiger partial charge in [0.05, 0.1) is 23.2 Å². The fourth-order valence-corrected chi connectivity index (χ4v) is 3.38. The van der Waals surface area contributed by atoms with Gasteiger partial charge in [-0.1, -0.05) is 23.8 Å². The summed E-state index contributed by atoms with van der Waals surface area (Å²) in [6, 6.07) is 9.54. The van der Waals surface area contributed by atoms with Crippen LogP contribution in [0.25, 0.3) is 5.57 Å². The maximum atomic E-state index is 13.3. The van der Waals surface area contributed by atoms with Crippen molar-refractivity contribution < 1.29 is 32.7 Å². The SMILES string of the molecule is C/C(=C1/C(=O)N(c2ccc(C)cc2)c2cc(C(F)(F)F)ccc21)N(N)C(=O)CCC(=O)O. The number of nitrogens with two attached hydrogens (primary N) is 1. The number of aryl methyl sites for hydroxylation is 1. The van der Waals surface area contributed by atoms with E-state index >= 15 is 0 Å². The van der Waals surface area contributed by atoms with Crippen LogP contribution in [0.5, 0.6) is 0 Å². The number of rotatable bonds is 5. The number of allylic oxidation sites excluding steroid dienone is 1. The van der Waals surface area contributed by atoms with Crippen molar-refractivity contribution in [2.45, 2.75) is 32.9 Å². The van der Waals surface area contributed by atoms with E-state index in [4.69, 9.17) is 10.9 Å².